The number of nitrogen functional groups attached to an aromatic ring is 1. The molecular formula is C7H9N5O3S. The van der Waals surface area contributed by atoms with Gasteiger partial charge in [0.15, 0.2) is 11.0 Å². The van der Waals surface area contributed by atoms with Crippen LogP contribution in [0.3, 0.4) is 0 Å². The third kappa shape index (κ3) is 2.73. The molecule has 0 aliphatic heterocycles. The normalized spacial score (nSPS) is 12.6. The summed E-state index contributed by atoms with van der Waals surface area (Å²) in [7, 11) is 1.22. The number of anilines is 1. The first-order valence-electron chi connectivity index (χ1n) is 4.04. The van der Waals surface area contributed by atoms with E-state index in [-0.39, 0.29) is 10.8 Å². The Labute approximate surface area is 94.3 Å². The maximum atomic E-state index is 11.4. The molecule has 0 aromatic carbocycles. The van der Waals surface area contributed by atoms with Crippen molar-refractivity contribution in [2.24, 2.45) is 16.1 Å². The Morgan fingerprint density at radius 3 is 2.75 bits per heavy atom. The van der Waals surface area contributed by atoms with E-state index in [1.807, 2.05) is 0 Å². The fourth-order valence-corrected chi connectivity index (χ4v) is 1.55. The first-order chi connectivity index (χ1) is 7.56. The predicted molar refractivity (Wildman–Crippen MR) is 55.3 cm³/mol. The summed E-state index contributed by atoms with van der Waals surface area (Å²) in [5.74, 6) is -3.00. The minimum absolute atomic E-state index is 0.162. The smallest absolute Gasteiger partial charge is 0.286 e. The van der Waals surface area contributed by atoms with Crippen molar-refractivity contribution in [3.05, 3.63) is 11.1 Å². The molecule has 2 amide bonds. The molecule has 1 atom stereocenters. The molecule has 9 heteroatoms. The summed E-state index contributed by atoms with van der Waals surface area (Å²) in [6, 6.07) is 0. The van der Waals surface area contributed by atoms with E-state index in [1.54, 1.807) is 0 Å². The van der Waals surface area contributed by atoms with Gasteiger partial charge in [0.25, 0.3) is 5.91 Å². The zero-order valence-corrected chi connectivity index (χ0v) is 9.10. The molecule has 86 valence electrons. The summed E-state index contributed by atoms with van der Waals surface area (Å²) in [5.41, 5.74) is 10.6. The monoisotopic (exact) mass is 243 g/mol. The van der Waals surface area contributed by atoms with Crippen LogP contribution in [0.4, 0.5) is 5.13 Å². The van der Waals surface area contributed by atoms with Crippen LogP contribution in [0, 0.1) is 0 Å². The first kappa shape index (κ1) is 12.0. The molecule has 16 heavy (non-hydrogen) atoms. The van der Waals surface area contributed by atoms with Gasteiger partial charge in [-0.15, -0.1) is 11.3 Å². The topological polar surface area (TPSA) is 133 Å². The highest BCUT2D eigenvalue weighted by Crippen LogP contribution is 2.21. The van der Waals surface area contributed by atoms with E-state index in [4.69, 9.17) is 11.5 Å². The number of carbonyl (C=O) groups excluding carboxylic acids is 2. The summed E-state index contributed by atoms with van der Waals surface area (Å²) < 4.78 is 0. The molecule has 0 radical (unpaired) electrons. The molecule has 0 aliphatic rings. The fourth-order valence-electron chi connectivity index (χ4n) is 0.966. The Kier molecular flexibility index (Phi) is 3.89. The zero-order chi connectivity index (χ0) is 12.1. The van der Waals surface area contributed by atoms with E-state index in [1.165, 1.54) is 12.5 Å². The summed E-state index contributed by atoms with van der Waals surface area (Å²) in [6.45, 7) is 0. The molecule has 1 rings (SSSR count). The van der Waals surface area contributed by atoms with Gasteiger partial charge in [-0.05, 0) is 0 Å². The van der Waals surface area contributed by atoms with Gasteiger partial charge in [-0.3, -0.25) is 9.59 Å². The lowest BCUT2D eigenvalue weighted by Gasteiger charge is -2.04. The average molecular weight is 243 g/mol. The molecule has 8 nitrogen and oxygen atoms in total. The van der Waals surface area contributed by atoms with E-state index in [2.05, 4.69) is 20.2 Å². The van der Waals surface area contributed by atoms with Crippen LogP contribution < -0.4 is 11.5 Å². The molecule has 1 heterocycles. The largest absolute Gasteiger partial charge is 0.383 e. The number of nitrogens with two attached hydrogens (primary N) is 2. The number of aromatic nitrogens is 1. The third-order valence-corrected chi connectivity index (χ3v) is 2.28. The van der Waals surface area contributed by atoms with Crippen LogP contribution in [-0.2, 0) is 14.4 Å². The SMILES string of the molecule is CO/N=N\C(=O)C(C(N)=O)c1csc(N)n1. The lowest BCUT2D eigenvalue weighted by molar-refractivity contribution is -0.128. The molecule has 1 aromatic heterocycles. The van der Waals surface area contributed by atoms with Crippen LogP contribution >= 0.6 is 11.3 Å². The second-order valence-corrected chi connectivity index (χ2v) is 3.54. The van der Waals surface area contributed by atoms with Gasteiger partial charge >= 0.3 is 0 Å². The van der Waals surface area contributed by atoms with E-state index < -0.39 is 17.7 Å². The fraction of sp³-hybridized carbons (Fsp3) is 0.286. The van der Waals surface area contributed by atoms with Crippen molar-refractivity contribution in [2.45, 2.75) is 5.92 Å². The Bertz CT molecular complexity index is 429. The number of thiazole rings is 1. The minimum atomic E-state index is -1.28. The second-order valence-electron chi connectivity index (χ2n) is 2.65. The molecule has 1 aromatic rings. The van der Waals surface area contributed by atoms with Crippen LogP contribution in [0.15, 0.2) is 15.8 Å². The van der Waals surface area contributed by atoms with Crippen molar-refractivity contribution in [1.29, 1.82) is 0 Å². The van der Waals surface area contributed by atoms with Crippen molar-refractivity contribution >= 4 is 28.3 Å². The highest BCUT2D eigenvalue weighted by atomic mass is 32.1. The van der Waals surface area contributed by atoms with Gasteiger partial charge in [0.2, 0.25) is 5.91 Å². The lowest BCUT2D eigenvalue weighted by Crippen LogP contribution is -2.27. The number of hydrogen-bond donors (Lipinski definition) is 2. The molecule has 0 spiro atoms. The lowest BCUT2D eigenvalue weighted by atomic mass is 10.1. The van der Waals surface area contributed by atoms with Crippen LogP contribution in [0.5, 0.6) is 0 Å². The Morgan fingerprint density at radius 1 is 1.62 bits per heavy atom. The highest BCUT2D eigenvalue weighted by Gasteiger charge is 2.29. The van der Waals surface area contributed by atoms with E-state index in [0.29, 0.717) is 0 Å². The van der Waals surface area contributed by atoms with Gasteiger partial charge in [-0.25, -0.2) is 4.98 Å². The Hall–Kier alpha value is -2.03. The van der Waals surface area contributed by atoms with Crippen molar-refractivity contribution in [1.82, 2.24) is 4.98 Å². The van der Waals surface area contributed by atoms with Gasteiger partial charge in [-0.1, -0.05) is 5.11 Å². The molecule has 0 fully saturated rings. The van der Waals surface area contributed by atoms with Gasteiger partial charge in [0, 0.05) is 10.7 Å². The summed E-state index contributed by atoms with van der Waals surface area (Å²) >= 11 is 1.09. The van der Waals surface area contributed by atoms with E-state index in [9.17, 15) is 9.59 Å². The van der Waals surface area contributed by atoms with Crippen molar-refractivity contribution < 1.29 is 14.4 Å². The van der Waals surface area contributed by atoms with Crippen LogP contribution in [-0.4, -0.2) is 23.9 Å². The summed E-state index contributed by atoms with van der Waals surface area (Å²) in [6.07, 6.45) is 0. The molecule has 0 bridgehead atoms. The first-order valence-corrected chi connectivity index (χ1v) is 4.92. The van der Waals surface area contributed by atoms with Crippen LogP contribution in [0.1, 0.15) is 11.6 Å². The summed E-state index contributed by atoms with van der Waals surface area (Å²) in [5, 5.41) is 7.85. The maximum Gasteiger partial charge on any atom is 0.286 e. The van der Waals surface area contributed by atoms with Crippen molar-refractivity contribution in [3.63, 3.8) is 0 Å². The van der Waals surface area contributed by atoms with Crippen LogP contribution in [0.2, 0.25) is 0 Å². The maximum absolute atomic E-state index is 11.4. The molecule has 0 saturated heterocycles. The summed E-state index contributed by atoms with van der Waals surface area (Å²) in [4.78, 5) is 30.6. The number of rotatable bonds is 4. The molecule has 0 aliphatic carbocycles. The predicted octanol–water partition coefficient (Wildman–Crippen LogP) is -0.166. The number of hydrogen-bond acceptors (Lipinski definition) is 7. The molecular weight excluding hydrogens is 234 g/mol. The van der Waals surface area contributed by atoms with E-state index in [0.717, 1.165) is 11.3 Å². The molecule has 1 unspecified atom stereocenters. The van der Waals surface area contributed by atoms with Gasteiger partial charge < -0.3 is 16.3 Å². The Morgan fingerprint density at radius 2 is 2.31 bits per heavy atom. The van der Waals surface area contributed by atoms with Gasteiger partial charge in [0.05, 0.1) is 5.69 Å². The highest BCUT2D eigenvalue weighted by molar-refractivity contribution is 7.13. The number of nitrogens with zero attached hydrogens (tertiary/aromatic N) is 3. The van der Waals surface area contributed by atoms with E-state index >= 15 is 0 Å². The average Bonchev–Trinajstić information content (AvgIpc) is 2.61. The number of primary amides is 1. The van der Waals surface area contributed by atoms with Crippen molar-refractivity contribution in [3.8, 4) is 0 Å². The standard InChI is InChI=1S/C7H9N5O3S/c1-15-12-11-6(14)4(5(8)13)3-2-16-7(9)10-3/h2,4H,1H3,(H2,8,13)(H2,9,10)/b12-11-. The van der Waals surface area contributed by atoms with Gasteiger partial charge in [0.1, 0.15) is 7.11 Å². The van der Waals surface area contributed by atoms with Crippen molar-refractivity contribution in [2.75, 3.05) is 12.8 Å². The quantitative estimate of drug-likeness (QED) is 0.430. The second kappa shape index (κ2) is 5.16. The third-order valence-electron chi connectivity index (χ3n) is 1.59. The van der Waals surface area contributed by atoms with Crippen LogP contribution in [0.25, 0.3) is 0 Å². The number of amides is 2. The Balaban J connectivity index is 2.96. The molecule has 0 saturated carbocycles. The minimum Gasteiger partial charge on any atom is -0.383 e. The number of carbonyl (C=O) groups is 2. The molecule has 4 N–H and O–H groups in total. The zero-order valence-electron chi connectivity index (χ0n) is 8.28. The van der Waals surface area contributed by atoms with Gasteiger partial charge in [-0.2, -0.15) is 0 Å².